The van der Waals surface area contributed by atoms with Gasteiger partial charge in [0.05, 0.1) is 5.75 Å². The van der Waals surface area contributed by atoms with Gasteiger partial charge in [-0.3, -0.25) is 4.79 Å². The maximum Gasteiger partial charge on any atom is 0.277 e. The Morgan fingerprint density at radius 3 is 2.70 bits per heavy atom. The number of aromatic nitrogens is 2. The van der Waals surface area contributed by atoms with E-state index in [9.17, 15) is 4.79 Å². The Balaban J connectivity index is 1.47. The number of anilines is 1. The standard InChI is InChI=1S/C20H21N3O3S/c1-3-15-6-4-5-7-17(15)21-18(24)13-27-20-23-22-19(26-20)12-25-16-10-8-14(2)9-11-16/h4-11H,3,12-13H2,1-2H3,(H,21,24). The molecular weight excluding hydrogens is 362 g/mol. The molecule has 0 radical (unpaired) electrons. The molecule has 3 rings (SSSR count). The lowest BCUT2D eigenvalue weighted by molar-refractivity contribution is -0.113. The van der Waals surface area contributed by atoms with Crippen molar-refractivity contribution >= 4 is 23.4 Å². The van der Waals surface area contributed by atoms with E-state index in [1.54, 1.807) is 0 Å². The van der Waals surface area contributed by atoms with E-state index in [1.807, 2.05) is 55.5 Å². The molecule has 3 aromatic rings. The van der Waals surface area contributed by atoms with Crippen LogP contribution in [0.3, 0.4) is 0 Å². The fourth-order valence-corrected chi connectivity index (χ4v) is 2.98. The number of hydrogen-bond donors (Lipinski definition) is 1. The number of para-hydroxylation sites is 1. The number of rotatable bonds is 8. The zero-order valence-corrected chi connectivity index (χ0v) is 16.1. The van der Waals surface area contributed by atoms with Crippen molar-refractivity contribution in [2.24, 2.45) is 0 Å². The molecule has 0 saturated heterocycles. The van der Waals surface area contributed by atoms with Crippen LogP contribution in [0.1, 0.15) is 23.9 Å². The average Bonchev–Trinajstić information content (AvgIpc) is 3.14. The fraction of sp³-hybridized carbons (Fsp3) is 0.250. The highest BCUT2D eigenvalue weighted by Gasteiger charge is 2.11. The molecule has 0 aliphatic rings. The van der Waals surface area contributed by atoms with E-state index in [2.05, 4.69) is 22.4 Å². The van der Waals surface area contributed by atoms with E-state index in [-0.39, 0.29) is 18.3 Å². The molecule has 1 heterocycles. The second-order valence-electron chi connectivity index (χ2n) is 5.91. The van der Waals surface area contributed by atoms with Crippen molar-refractivity contribution in [3.8, 4) is 5.75 Å². The summed E-state index contributed by atoms with van der Waals surface area (Å²) in [6.07, 6.45) is 0.859. The van der Waals surface area contributed by atoms with Crippen molar-refractivity contribution in [1.29, 1.82) is 0 Å². The van der Waals surface area contributed by atoms with Gasteiger partial charge in [0.25, 0.3) is 11.1 Å². The van der Waals surface area contributed by atoms with Gasteiger partial charge in [-0.25, -0.2) is 0 Å². The van der Waals surface area contributed by atoms with Gasteiger partial charge in [0, 0.05) is 5.69 Å². The number of thioether (sulfide) groups is 1. The second kappa shape index (κ2) is 9.23. The van der Waals surface area contributed by atoms with E-state index >= 15 is 0 Å². The number of hydrogen-bond acceptors (Lipinski definition) is 6. The normalized spacial score (nSPS) is 10.6. The Morgan fingerprint density at radius 2 is 1.93 bits per heavy atom. The van der Waals surface area contributed by atoms with Crippen LogP contribution in [-0.4, -0.2) is 21.9 Å². The maximum atomic E-state index is 12.2. The van der Waals surface area contributed by atoms with Crippen LogP contribution < -0.4 is 10.1 Å². The van der Waals surface area contributed by atoms with Gasteiger partial charge in [-0.2, -0.15) is 0 Å². The van der Waals surface area contributed by atoms with Crippen LogP contribution in [0.25, 0.3) is 0 Å². The zero-order chi connectivity index (χ0) is 19.1. The fourth-order valence-electron chi connectivity index (χ4n) is 2.40. The minimum absolute atomic E-state index is 0.114. The van der Waals surface area contributed by atoms with Crippen molar-refractivity contribution < 1.29 is 13.9 Å². The van der Waals surface area contributed by atoms with Crippen molar-refractivity contribution in [2.75, 3.05) is 11.1 Å². The molecule has 27 heavy (non-hydrogen) atoms. The van der Waals surface area contributed by atoms with Gasteiger partial charge in [0.1, 0.15) is 5.75 Å². The van der Waals surface area contributed by atoms with Gasteiger partial charge in [-0.05, 0) is 37.1 Å². The Bertz CT molecular complexity index is 893. The predicted octanol–water partition coefficient (Wildman–Crippen LogP) is 4.25. The number of amides is 1. The van der Waals surface area contributed by atoms with Crippen LogP contribution in [0.4, 0.5) is 5.69 Å². The summed E-state index contributed by atoms with van der Waals surface area (Å²) in [6, 6.07) is 15.5. The molecule has 0 atom stereocenters. The summed E-state index contributed by atoms with van der Waals surface area (Å²) in [4.78, 5) is 12.2. The smallest absolute Gasteiger partial charge is 0.277 e. The molecule has 1 amide bonds. The predicted molar refractivity (Wildman–Crippen MR) is 105 cm³/mol. The Hall–Kier alpha value is -2.80. The van der Waals surface area contributed by atoms with E-state index < -0.39 is 0 Å². The Labute approximate surface area is 162 Å². The SMILES string of the molecule is CCc1ccccc1NC(=O)CSc1nnc(COc2ccc(C)cc2)o1. The summed E-state index contributed by atoms with van der Waals surface area (Å²) in [5.41, 5.74) is 3.10. The molecule has 2 aromatic carbocycles. The molecule has 0 aliphatic carbocycles. The number of aryl methyl sites for hydroxylation is 2. The number of nitrogens with zero attached hydrogens (tertiary/aromatic N) is 2. The van der Waals surface area contributed by atoms with Gasteiger partial charge in [-0.15, -0.1) is 10.2 Å². The number of ether oxygens (including phenoxy) is 1. The van der Waals surface area contributed by atoms with E-state index in [1.165, 1.54) is 17.3 Å². The molecular formula is C20H21N3O3S. The third-order valence-electron chi connectivity index (χ3n) is 3.83. The minimum Gasteiger partial charge on any atom is -0.484 e. The molecule has 1 aromatic heterocycles. The third-order valence-corrected chi connectivity index (χ3v) is 4.65. The van der Waals surface area contributed by atoms with Crippen LogP contribution in [0, 0.1) is 6.92 Å². The molecule has 0 unspecified atom stereocenters. The number of benzene rings is 2. The summed E-state index contributed by atoms with van der Waals surface area (Å²) in [6.45, 7) is 4.26. The molecule has 1 N–H and O–H groups in total. The molecule has 0 spiro atoms. The van der Waals surface area contributed by atoms with Crippen molar-refractivity contribution in [3.63, 3.8) is 0 Å². The molecule has 0 aliphatic heterocycles. The Morgan fingerprint density at radius 1 is 1.15 bits per heavy atom. The van der Waals surface area contributed by atoms with E-state index in [0.717, 1.165) is 23.4 Å². The summed E-state index contributed by atoms with van der Waals surface area (Å²) < 4.78 is 11.1. The van der Waals surface area contributed by atoms with Crippen LogP contribution in [0.5, 0.6) is 5.75 Å². The first-order chi connectivity index (χ1) is 13.1. The summed E-state index contributed by atoms with van der Waals surface area (Å²) in [7, 11) is 0. The highest BCUT2D eigenvalue weighted by Crippen LogP contribution is 2.20. The van der Waals surface area contributed by atoms with Gasteiger partial charge in [-0.1, -0.05) is 54.6 Å². The highest BCUT2D eigenvalue weighted by atomic mass is 32.2. The molecule has 6 nitrogen and oxygen atoms in total. The lowest BCUT2D eigenvalue weighted by Gasteiger charge is -2.08. The molecule has 0 bridgehead atoms. The van der Waals surface area contributed by atoms with Crippen LogP contribution >= 0.6 is 11.8 Å². The Kier molecular flexibility index (Phi) is 6.49. The molecule has 0 saturated carbocycles. The number of carbonyl (C=O) groups is 1. The van der Waals surface area contributed by atoms with Crippen molar-refractivity contribution in [3.05, 3.63) is 65.5 Å². The first kappa shape index (κ1) is 19.0. The summed E-state index contributed by atoms with van der Waals surface area (Å²) in [5, 5.41) is 11.1. The summed E-state index contributed by atoms with van der Waals surface area (Å²) >= 11 is 1.20. The van der Waals surface area contributed by atoms with Gasteiger partial charge in [0.15, 0.2) is 6.61 Å². The largest absolute Gasteiger partial charge is 0.484 e. The van der Waals surface area contributed by atoms with Gasteiger partial charge in [0.2, 0.25) is 5.91 Å². The van der Waals surface area contributed by atoms with Gasteiger partial charge >= 0.3 is 0 Å². The average molecular weight is 383 g/mol. The zero-order valence-electron chi connectivity index (χ0n) is 15.3. The monoisotopic (exact) mass is 383 g/mol. The highest BCUT2D eigenvalue weighted by molar-refractivity contribution is 7.99. The third kappa shape index (κ3) is 5.59. The number of carbonyl (C=O) groups excluding carboxylic acids is 1. The van der Waals surface area contributed by atoms with Crippen molar-refractivity contribution in [1.82, 2.24) is 10.2 Å². The lowest BCUT2D eigenvalue weighted by atomic mass is 10.1. The van der Waals surface area contributed by atoms with Crippen LogP contribution in [0.2, 0.25) is 0 Å². The van der Waals surface area contributed by atoms with Gasteiger partial charge < -0.3 is 14.5 Å². The van der Waals surface area contributed by atoms with E-state index in [0.29, 0.717) is 11.1 Å². The first-order valence-corrected chi connectivity index (χ1v) is 9.65. The lowest BCUT2D eigenvalue weighted by Crippen LogP contribution is -2.15. The number of nitrogens with one attached hydrogen (secondary N) is 1. The molecule has 7 heteroatoms. The van der Waals surface area contributed by atoms with Crippen LogP contribution in [-0.2, 0) is 17.8 Å². The van der Waals surface area contributed by atoms with E-state index in [4.69, 9.17) is 9.15 Å². The molecule has 0 fully saturated rings. The first-order valence-electron chi connectivity index (χ1n) is 8.66. The summed E-state index contributed by atoms with van der Waals surface area (Å²) in [5.74, 6) is 1.19. The molecule has 140 valence electrons. The van der Waals surface area contributed by atoms with Crippen molar-refractivity contribution in [2.45, 2.75) is 32.1 Å². The quantitative estimate of drug-likeness (QED) is 0.586. The van der Waals surface area contributed by atoms with Crippen LogP contribution in [0.15, 0.2) is 58.2 Å². The second-order valence-corrected chi connectivity index (χ2v) is 6.84. The minimum atomic E-state index is -0.114. The topological polar surface area (TPSA) is 77.2 Å². The maximum absolute atomic E-state index is 12.2.